The highest BCUT2D eigenvalue weighted by Crippen LogP contribution is 2.16. The molecular weight excluding hydrogens is 288 g/mol. The summed E-state index contributed by atoms with van der Waals surface area (Å²) >= 11 is 0. The molecule has 1 aromatic rings. The first-order valence-electron chi connectivity index (χ1n) is 7.28. The fourth-order valence-electron chi connectivity index (χ4n) is 2.42. The highest BCUT2D eigenvalue weighted by Gasteiger charge is 2.22. The third kappa shape index (κ3) is 4.90. The van der Waals surface area contributed by atoms with E-state index in [1.54, 1.807) is 0 Å². The first kappa shape index (κ1) is 17.8. The van der Waals surface area contributed by atoms with Gasteiger partial charge in [0.25, 0.3) is 0 Å². The molecule has 1 saturated heterocycles. The van der Waals surface area contributed by atoms with E-state index < -0.39 is 0 Å². The Bertz CT molecular complexity index is 479. The van der Waals surface area contributed by atoms with Crippen LogP contribution in [0.1, 0.15) is 24.5 Å². The Labute approximate surface area is 133 Å². The van der Waals surface area contributed by atoms with E-state index >= 15 is 0 Å². The van der Waals surface area contributed by atoms with E-state index in [1.807, 2.05) is 23.1 Å². The third-order valence-electron chi connectivity index (χ3n) is 3.88. The van der Waals surface area contributed by atoms with E-state index in [0.717, 1.165) is 25.4 Å². The van der Waals surface area contributed by atoms with Crippen molar-refractivity contribution in [2.75, 3.05) is 26.2 Å². The number of hydrogen-bond acceptors (Lipinski definition) is 3. The zero-order valence-electron chi connectivity index (χ0n) is 13.0. The van der Waals surface area contributed by atoms with E-state index in [-0.39, 0.29) is 24.4 Å². The van der Waals surface area contributed by atoms with Gasteiger partial charge in [-0.05, 0) is 44.0 Å². The summed E-state index contributed by atoms with van der Waals surface area (Å²) in [4.78, 5) is 14.1. The zero-order chi connectivity index (χ0) is 14.5. The Kier molecular flexibility index (Phi) is 6.99. The lowest BCUT2D eigenvalue weighted by atomic mass is 10.1. The van der Waals surface area contributed by atoms with Crippen molar-refractivity contribution >= 4 is 18.3 Å². The fourth-order valence-corrected chi connectivity index (χ4v) is 2.42. The molecule has 0 aromatic heterocycles. The highest BCUT2D eigenvalue weighted by atomic mass is 35.5. The average Bonchev–Trinajstić information content (AvgIpc) is 2.43. The molecule has 1 aliphatic heterocycles. The molecule has 4 nitrogen and oxygen atoms in total. The van der Waals surface area contributed by atoms with Crippen LogP contribution in [0.15, 0.2) is 18.2 Å². The summed E-state index contributed by atoms with van der Waals surface area (Å²) in [5.41, 5.74) is 2.47. The first-order chi connectivity index (χ1) is 9.58. The van der Waals surface area contributed by atoms with E-state index in [9.17, 15) is 4.79 Å². The normalized spacial score (nSPS) is 18.0. The summed E-state index contributed by atoms with van der Waals surface area (Å²) < 4.78 is 5.68. The maximum absolute atomic E-state index is 12.1. The van der Waals surface area contributed by atoms with Crippen LogP contribution in [-0.4, -0.2) is 43.1 Å². The van der Waals surface area contributed by atoms with Gasteiger partial charge in [0.15, 0.2) is 0 Å². The van der Waals surface area contributed by atoms with Gasteiger partial charge < -0.3 is 15.0 Å². The second kappa shape index (κ2) is 8.25. The van der Waals surface area contributed by atoms with Crippen LogP contribution in [0.3, 0.4) is 0 Å². The Morgan fingerprint density at radius 2 is 2.14 bits per heavy atom. The average molecular weight is 313 g/mol. The molecule has 0 radical (unpaired) electrons. The van der Waals surface area contributed by atoms with Crippen LogP contribution in [0.2, 0.25) is 0 Å². The van der Waals surface area contributed by atoms with Gasteiger partial charge in [0.2, 0.25) is 5.91 Å². The van der Waals surface area contributed by atoms with Gasteiger partial charge in [-0.15, -0.1) is 12.4 Å². The Morgan fingerprint density at radius 1 is 1.38 bits per heavy atom. The van der Waals surface area contributed by atoms with Crippen molar-refractivity contribution in [1.29, 1.82) is 0 Å². The van der Waals surface area contributed by atoms with Crippen molar-refractivity contribution in [2.24, 2.45) is 0 Å². The van der Waals surface area contributed by atoms with Crippen LogP contribution in [0, 0.1) is 13.8 Å². The number of nitrogens with one attached hydrogen (secondary N) is 1. The fraction of sp³-hybridized carbons (Fsp3) is 0.562. The second-order valence-corrected chi connectivity index (χ2v) is 5.48. The highest BCUT2D eigenvalue weighted by molar-refractivity contribution is 5.85. The molecule has 1 N–H and O–H groups in total. The molecule has 0 bridgehead atoms. The van der Waals surface area contributed by atoms with Gasteiger partial charge in [0.1, 0.15) is 5.75 Å². The molecule has 1 heterocycles. The molecule has 1 atom stereocenters. The molecule has 1 amide bonds. The number of nitrogens with zero attached hydrogens (tertiary/aromatic N) is 1. The number of ether oxygens (including phenoxy) is 1. The Hall–Kier alpha value is -1.26. The van der Waals surface area contributed by atoms with E-state index in [0.29, 0.717) is 13.0 Å². The lowest BCUT2D eigenvalue weighted by molar-refractivity contribution is -0.134. The summed E-state index contributed by atoms with van der Waals surface area (Å²) in [7, 11) is 0. The molecule has 2 rings (SSSR count). The minimum absolute atomic E-state index is 0. The number of carbonyl (C=O) groups is 1. The van der Waals surface area contributed by atoms with Gasteiger partial charge in [-0.1, -0.05) is 6.07 Å². The van der Waals surface area contributed by atoms with Crippen molar-refractivity contribution in [1.82, 2.24) is 10.2 Å². The van der Waals surface area contributed by atoms with Crippen LogP contribution >= 0.6 is 12.4 Å². The maximum Gasteiger partial charge on any atom is 0.226 e. The van der Waals surface area contributed by atoms with Gasteiger partial charge in [-0.25, -0.2) is 0 Å². The molecule has 1 aliphatic rings. The largest absolute Gasteiger partial charge is 0.493 e. The first-order valence-corrected chi connectivity index (χ1v) is 7.28. The van der Waals surface area contributed by atoms with E-state index in [1.165, 1.54) is 11.1 Å². The minimum Gasteiger partial charge on any atom is -0.493 e. The molecule has 0 spiro atoms. The Morgan fingerprint density at radius 3 is 2.81 bits per heavy atom. The van der Waals surface area contributed by atoms with Crippen LogP contribution in [0.4, 0.5) is 0 Å². The summed E-state index contributed by atoms with van der Waals surface area (Å²) in [6.45, 7) is 9.22. The quantitative estimate of drug-likeness (QED) is 0.927. The third-order valence-corrected chi connectivity index (χ3v) is 3.88. The SMILES string of the molecule is Cc1ccc(OCCC(=O)N2CCNC[C@H]2C)cc1C.Cl. The molecule has 118 valence electrons. The van der Waals surface area contributed by atoms with Crippen LogP contribution in [0.25, 0.3) is 0 Å². The summed E-state index contributed by atoms with van der Waals surface area (Å²) in [5, 5.41) is 3.29. The lowest BCUT2D eigenvalue weighted by Crippen LogP contribution is -2.52. The summed E-state index contributed by atoms with van der Waals surface area (Å²) in [5.74, 6) is 1.03. The Balaban J connectivity index is 0.00000220. The number of rotatable bonds is 4. The summed E-state index contributed by atoms with van der Waals surface area (Å²) in [6.07, 6.45) is 0.442. The number of aryl methyl sites for hydroxylation is 2. The molecule has 21 heavy (non-hydrogen) atoms. The zero-order valence-corrected chi connectivity index (χ0v) is 13.8. The number of halogens is 1. The van der Waals surface area contributed by atoms with Gasteiger partial charge in [0, 0.05) is 25.7 Å². The molecule has 0 aliphatic carbocycles. The van der Waals surface area contributed by atoms with Gasteiger partial charge in [-0.2, -0.15) is 0 Å². The van der Waals surface area contributed by atoms with Crippen molar-refractivity contribution in [3.05, 3.63) is 29.3 Å². The lowest BCUT2D eigenvalue weighted by Gasteiger charge is -2.34. The standard InChI is InChI=1S/C16H24N2O2.ClH/c1-12-4-5-15(10-13(12)2)20-9-6-16(19)18-8-7-17-11-14(18)3;/h4-5,10,14,17H,6-9,11H2,1-3H3;1H/t14-;/m1./s1. The van der Waals surface area contributed by atoms with Gasteiger partial charge in [-0.3, -0.25) is 4.79 Å². The van der Waals surface area contributed by atoms with Crippen LogP contribution in [-0.2, 0) is 4.79 Å². The predicted molar refractivity (Wildman–Crippen MR) is 87.3 cm³/mol. The number of hydrogen-bond donors (Lipinski definition) is 1. The number of amides is 1. The van der Waals surface area contributed by atoms with Gasteiger partial charge >= 0.3 is 0 Å². The second-order valence-electron chi connectivity index (χ2n) is 5.48. The molecule has 1 aromatic carbocycles. The van der Waals surface area contributed by atoms with Crippen LogP contribution in [0.5, 0.6) is 5.75 Å². The molecule has 5 heteroatoms. The van der Waals surface area contributed by atoms with Crippen molar-refractivity contribution < 1.29 is 9.53 Å². The predicted octanol–water partition coefficient (Wildman–Crippen LogP) is 2.31. The molecular formula is C16H25ClN2O2. The van der Waals surface area contributed by atoms with Crippen molar-refractivity contribution in [3.8, 4) is 5.75 Å². The van der Waals surface area contributed by atoms with Gasteiger partial charge in [0.05, 0.1) is 13.0 Å². The topological polar surface area (TPSA) is 41.6 Å². The van der Waals surface area contributed by atoms with E-state index in [2.05, 4.69) is 26.1 Å². The maximum atomic E-state index is 12.1. The minimum atomic E-state index is 0. The molecule has 0 unspecified atom stereocenters. The molecule has 1 fully saturated rings. The number of benzene rings is 1. The molecule has 0 saturated carbocycles. The van der Waals surface area contributed by atoms with Crippen molar-refractivity contribution in [3.63, 3.8) is 0 Å². The van der Waals surface area contributed by atoms with Crippen molar-refractivity contribution in [2.45, 2.75) is 33.2 Å². The number of piperazine rings is 1. The summed E-state index contributed by atoms with van der Waals surface area (Å²) in [6, 6.07) is 6.30. The smallest absolute Gasteiger partial charge is 0.226 e. The number of carbonyl (C=O) groups excluding carboxylic acids is 1. The van der Waals surface area contributed by atoms with E-state index in [4.69, 9.17) is 4.74 Å². The van der Waals surface area contributed by atoms with Crippen LogP contribution < -0.4 is 10.1 Å². The monoisotopic (exact) mass is 312 g/mol.